The van der Waals surface area contributed by atoms with Gasteiger partial charge in [0.25, 0.3) is 5.91 Å². The molecule has 1 fully saturated rings. The van der Waals surface area contributed by atoms with Gasteiger partial charge < -0.3 is 4.74 Å². The highest BCUT2D eigenvalue weighted by Gasteiger charge is 2.25. The quantitative estimate of drug-likeness (QED) is 0.639. The molecule has 7 nitrogen and oxygen atoms in total. The van der Waals surface area contributed by atoms with E-state index in [1.807, 2.05) is 11.5 Å². The van der Waals surface area contributed by atoms with Crippen LogP contribution in [0.25, 0.3) is 10.7 Å². The molecule has 2 N–H and O–H groups in total. The minimum atomic E-state index is -0.377. The van der Waals surface area contributed by atoms with Crippen molar-refractivity contribution in [1.82, 2.24) is 19.7 Å². The smallest absolute Gasteiger partial charge is 0.255 e. The molecule has 0 spiro atoms. The summed E-state index contributed by atoms with van der Waals surface area (Å²) in [6, 6.07) is 0. The summed E-state index contributed by atoms with van der Waals surface area (Å²) >= 11 is 6.60. The van der Waals surface area contributed by atoms with E-state index in [4.69, 9.17) is 17.0 Å². The Kier molecular flexibility index (Phi) is 4.69. The van der Waals surface area contributed by atoms with Crippen molar-refractivity contribution < 1.29 is 9.53 Å². The molecule has 1 amide bonds. The number of H-pyrrole nitrogens is 1. The monoisotopic (exact) mass is 351 g/mol. The first kappa shape index (κ1) is 16.0. The maximum Gasteiger partial charge on any atom is 0.255 e. The van der Waals surface area contributed by atoms with E-state index in [0.29, 0.717) is 28.9 Å². The number of hydrogen-bond acceptors (Lipinski definition) is 6. The van der Waals surface area contributed by atoms with E-state index in [1.54, 1.807) is 6.08 Å². The SMILES string of the molecule is C=CCn1c(-c2sc(NC(=O)C3CCCO3)nc2C)n[nH]c1=S. The number of allylic oxidation sites excluding steroid dienone is 1. The average Bonchev–Trinajstić information content (AvgIpc) is 3.22. The molecule has 3 rings (SSSR count). The molecule has 1 unspecified atom stereocenters. The molecule has 122 valence electrons. The average molecular weight is 351 g/mol. The Morgan fingerprint density at radius 1 is 1.70 bits per heavy atom. The van der Waals surface area contributed by atoms with Crippen LogP contribution in [0.5, 0.6) is 0 Å². The van der Waals surface area contributed by atoms with Gasteiger partial charge in [-0.1, -0.05) is 17.4 Å². The van der Waals surface area contributed by atoms with Crippen molar-refractivity contribution in [3.8, 4) is 10.7 Å². The van der Waals surface area contributed by atoms with Gasteiger partial charge in [-0.25, -0.2) is 4.98 Å². The Hall–Kier alpha value is -1.84. The van der Waals surface area contributed by atoms with Gasteiger partial charge >= 0.3 is 0 Å². The predicted octanol–water partition coefficient (Wildman–Crippen LogP) is 2.68. The van der Waals surface area contributed by atoms with Crippen molar-refractivity contribution in [2.24, 2.45) is 0 Å². The number of rotatable bonds is 5. The van der Waals surface area contributed by atoms with E-state index in [1.165, 1.54) is 11.3 Å². The van der Waals surface area contributed by atoms with Crippen molar-refractivity contribution in [3.05, 3.63) is 23.1 Å². The number of carbonyl (C=O) groups is 1. The minimum Gasteiger partial charge on any atom is -0.368 e. The first-order valence-electron chi connectivity index (χ1n) is 7.26. The Bertz CT molecular complexity index is 785. The van der Waals surface area contributed by atoms with Crippen LogP contribution in [0.4, 0.5) is 5.13 Å². The zero-order chi connectivity index (χ0) is 16.4. The number of nitrogens with zero attached hydrogens (tertiary/aromatic N) is 3. The Morgan fingerprint density at radius 2 is 2.52 bits per heavy atom. The first-order valence-corrected chi connectivity index (χ1v) is 8.49. The maximum atomic E-state index is 12.1. The van der Waals surface area contributed by atoms with Gasteiger partial charge in [-0.05, 0) is 32.0 Å². The molecule has 23 heavy (non-hydrogen) atoms. The number of ether oxygens (including phenoxy) is 1. The molecule has 1 aliphatic heterocycles. The highest BCUT2D eigenvalue weighted by atomic mass is 32.1. The molecule has 2 aromatic heterocycles. The summed E-state index contributed by atoms with van der Waals surface area (Å²) < 4.78 is 7.75. The van der Waals surface area contributed by atoms with Gasteiger partial charge in [0.05, 0.1) is 10.6 Å². The number of anilines is 1. The summed E-state index contributed by atoms with van der Waals surface area (Å²) in [5, 5.41) is 10.4. The Labute approximate surface area is 142 Å². The fourth-order valence-corrected chi connectivity index (χ4v) is 3.59. The van der Waals surface area contributed by atoms with Crippen LogP contribution < -0.4 is 5.32 Å². The Morgan fingerprint density at radius 3 is 3.22 bits per heavy atom. The highest BCUT2D eigenvalue weighted by molar-refractivity contribution is 7.71. The summed E-state index contributed by atoms with van der Waals surface area (Å²) in [5.41, 5.74) is 0.789. The molecule has 0 radical (unpaired) electrons. The van der Waals surface area contributed by atoms with Crippen molar-refractivity contribution >= 4 is 34.6 Å². The molecular formula is C14H17N5O2S2. The van der Waals surface area contributed by atoms with Crippen LogP contribution in [0.1, 0.15) is 18.5 Å². The van der Waals surface area contributed by atoms with Crippen LogP contribution in [0, 0.1) is 11.7 Å². The number of amides is 1. The number of aromatic nitrogens is 4. The van der Waals surface area contributed by atoms with Crippen molar-refractivity contribution in [2.45, 2.75) is 32.4 Å². The molecule has 2 aromatic rings. The van der Waals surface area contributed by atoms with Crippen LogP contribution in [0.3, 0.4) is 0 Å². The van der Waals surface area contributed by atoms with E-state index in [9.17, 15) is 4.79 Å². The first-order chi connectivity index (χ1) is 11.1. The summed E-state index contributed by atoms with van der Waals surface area (Å²) in [6.07, 6.45) is 3.04. The van der Waals surface area contributed by atoms with Gasteiger partial charge in [0.1, 0.15) is 6.10 Å². The summed E-state index contributed by atoms with van der Waals surface area (Å²) in [5.74, 6) is 0.551. The minimum absolute atomic E-state index is 0.146. The summed E-state index contributed by atoms with van der Waals surface area (Å²) in [6.45, 7) is 6.80. The van der Waals surface area contributed by atoms with Crippen LogP contribution >= 0.6 is 23.6 Å². The third-order valence-corrected chi connectivity index (χ3v) is 4.90. The predicted molar refractivity (Wildman–Crippen MR) is 91.1 cm³/mol. The molecule has 1 saturated heterocycles. The van der Waals surface area contributed by atoms with Crippen molar-refractivity contribution in [2.75, 3.05) is 11.9 Å². The molecule has 9 heteroatoms. The van der Waals surface area contributed by atoms with Crippen LogP contribution in [-0.2, 0) is 16.1 Å². The zero-order valence-electron chi connectivity index (χ0n) is 12.7. The number of aryl methyl sites for hydroxylation is 1. The lowest BCUT2D eigenvalue weighted by atomic mass is 10.2. The molecule has 1 aliphatic rings. The second-order valence-electron chi connectivity index (χ2n) is 5.18. The number of carbonyl (C=O) groups excluding carboxylic acids is 1. The number of nitrogens with one attached hydrogen (secondary N) is 2. The lowest BCUT2D eigenvalue weighted by Gasteiger charge is -2.07. The van der Waals surface area contributed by atoms with Gasteiger partial charge in [-0.3, -0.25) is 19.8 Å². The van der Waals surface area contributed by atoms with Crippen molar-refractivity contribution in [3.63, 3.8) is 0 Å². The zero-order valence-corrected chi connectivity index (χ0v) is 14.3. The molecule has 3 heterocycles. The highest BCUT2D eigenvalue weighted by Crippen LogP contribution is 2.32. The topological polar surface area (TPSA) is 84.8 Å². The normalized spacial score (nSPS) is 17.3. The van der Waals surface area contributed by atoms with E-state index in [-0.39, 0.29) is 12.0 Å². The third kappa shape index (κ3) is 3.26. The number of thiazole rings is 1. The fraction of sp³-hybridized carbons (Fsp3) is 0.429. The maximum absolute atomic E-state index is 12.1. The second-order valence-corrected chi connectivity index (χ2v) is 6.56. The largest absolute Gasteiger partial charge is 0.368 e. The molecular weight excluding hydrogens is 334 g/mol. The van der Waals surface area contributed by atoms with E-state index >= 15 is 0 Å². The lowest BCUT2D eigenvalue weighted by Crippen LogP contribution is -2.26. The van der Waals surface area contributed by atoms with Crippen LogP contribution in [0.15, 0.2) is 12.7 Å². The van der Waals surface area contributed by atoms with Crippen molar-refractivity contribution in [1.29, 1.82) is 0 Å². The number of hydrogen-bond donors (Lipinski definition) is 2. The molecule has 0 bridgehead atoms. The third-order valence-electron chi connectivity index (χ3n) is 3.52. The summed E-state index contributed by atoms with van der Waals surface area (Å²) in [7, 11) is 0. The van der Waals surface area contributed by atoms with E-state index in [2.05, 4.69) is 27.1 Å². The van der Waals surface area contributed by atoms with E-state index in [0.717, 1.165) is 23.4 Å². The lowest BCUT2D eigenvalue weighted by molar-refractivity contribution is -0.124. The van der Waals surface area contributed by atoms with Gasteiger partial charge in [-0.15, -0.1) is 6.58 Å². The summed E-state index contributed by atoms with van der Waals surface area (Å²) in [4.78, 5) is 17.4. The standard InChI is InChI=1S/C14H17N5O2S2/c1-3-6-19-11(17-18-14(19)22)10-8(2)15-13(23-10)16-12(20)9-5-4-7-21-9/h3,9H,1,4-7H2,2H3,(H,18,22)(H,15,16,20). The molecule has 0 saturated carbocycles. The van der Waals surface area contributed by atoms with Gasteiger partial charge in [-0.2, -0.15) is 5.10 Å². The molecule has 1 atom stereocenters. The van der Waals surface area contributed by atoms with E-state index < -0.39 is 0 Å². The Balaban J connectivity index is 1.85. The number of aromatic amines is 1. The fourth-order valence-electron chi connectivity index (χ4n) is 2.42. The van der Waals surface area contributed by atoms with Crippen LogP contribution in [-0.4, -0.2) is 38.4 Å². The van der Waals surface area contributed by atoms with Crippen LogP contribution in [0.2, 0.25) is 0 Å². The van der Waals surface area contributed by atoms with Gasteiger partial charge in [0, 0.05) is 13.2 Å². The van der Waals surface area contributed by atoms with Gasteiger partial charge in [0.2, 0.25) is 0 Å². The molecule has 0 aromatic carbocycles. The second kappa shape index (κ2) is 6.73. The molecule has 0 aliphatic carbocycles. The van der Waals surface area contributed by atoms with Gasteiger partial charge in [0.15, 0.2) is 15.7 Å².